The third-order valence-corrected chi connectivity index (χ3v) is 4.32. The van der Waals surface area contributed by atoms with Gasteiger partial charge in [0, 0.05) is 24.2 Å². The fourth-order valence-electron chi connectivity index (χ4n) is 3.56. The SMILES string of the molecule is O=C(O)C1CC2CCC1N2c1cc(F)cc(F)c1[N+](=O)[O-]. The molecule has 0 aliphatic carbocycles. The molecular weight excluding hydrogens is 286 g/mol. The lowest BCUT2D eigenvalue weighted by atomic mass is 9.89. The molecule has 1 aromatic carbocycles. The van der Waals surface area contributed by atoms with Crippen molar-refractivity contribution in [3.05, 3.63) is 33.9 Å². The molecule has 3 rings (SSSR count). The second kappa shape index (κ2) is 4.64. The summed E-state index contributed by atoms with van der Waals surface area (Å²) in [6.45, 7) is 0. The number of nitro groups is 1. The van der Waals surface area contributed by atoms with Crippen LogP contribution < -0.4 is 4.90 Å². The smallest absolute Gasteiger partial charge is 0.328 e. The Bertz CT molecular complexity index is 637. The van der Waals surface area contributed by atoms with Crippen molar-refractivity contribution in [2.45, 2.75) is 31.3 Å². The number of benzene rings is 1. The molecule has 0 spiro atoms. The fraction of sp³-hybridized carbons (Fsp3) is 0.462. The highest BCUT2D eigenvalue weighted by molar-refractivity contribution is 5.76. The number of hydrogen-bond acceptors (Lipinski definition) is 4. The van der Waals surface area contributed by atoms with Crippen LogP contribution in [0.15, 0.2) is 12.1 Å². The number of aliphatic carboxylic acids is 1. The minimum atomic E-state index is -1.24. The Morgan fingerprint density at radius 3 is 2.67 bits per heavy atom. The van der Waals surface area contributed by atoms with Crippen molar-refractivity contribution >= 4 is 17.3 Å². The van der Waals surface area contributed by atoms with Crippen LogP contribution in [0.2, 0.25) is 0 Å². The zero-order chi connectivity index (χ0) is 15.3. The van der Waals surface area contributed by atoms with Crippen LogP contribution in [-0.4, -0.2) is 28.1 Å². The second-order valence-electron chi connectivity index (χ2n) is 5.40. The molecule has 6 nitrogen and oxygen atoms in total. The van der Waals surface area contributed by atoms with E-state index in [-0.39, 0.29) is 11.7 Å². The number of carboxylic acid groups (broad SMARTS) is 1. The van der Waals surface area contributed by atoms with E-state index in [2.05, 4.69) is 0 Å². The molecule has 2 bridgehead atoms. The maximum atomic E-state index is 13.7. The van der Waals surface area contributed by atoms with E-state index in [1.165, 1.54) is 4.90 Å². The molecule has 21 heavy (non-hydrogen) atoms. The zero-order valence-electron chi connectivity index (χ0n) is 10.8. The average molecular weight is 298 g/mol. The number of nitrogens with zero attached hydrogens (tertiary/aromatic N) is 2. The first-order valence-electron chi connectivity index (χ1n) is 6.54. The third-order valence-electron chi connectivity index (χ3n) is 4.32. The van der Waals surface area contributed by atoms with Crippen molar-refractivity contribution in [2.24, 2.45) is 5.92 Å². The molecule has 0 amide bonds. The first-order chi connectivity index (χ1) is 9.90. The molecular formula is C13H12F2N2O4. The molecule has 0 radical (unpaired) electrons. The van der Waals surface area contributed by atoms with Gasteiger partial charge >= 0.3 is 11.7 Å². The van der Waals surface area contributed by atoms with Crippen molar-refractivity contribution < 1.29 is 23.6 Å². The molecule has 2 aliphatic rings. The van der Waals surface area contributed by atoms with Crippen molar-refractivity contribution in [1.82, 2.24) is 0 Å². The van der Waals surface area contributed by atoms with Gasteiger partial charge in [-0.2, -0.15) is 4.39 Å². The minimum absolute atomic E-state index is 0.159. The van der Waals surface area contributed by atoms with Crippen LogP contribution in [0.3, 0.4) is 0 Å². The normalized spacial score (nSPS) is 27.1. The molecule has 2 aliphatic heterocycles. The Hall–Kier alpha value is -2.25. The third kappa shape index (κ3) is 2.01. The van der Waals surface area contributed by atoms with Crippen LogP contribution in [-0.2, 0) is 4.79 Å². The summed E-state index contributed by atoms with van der Waals surface area (Å²) in [7, 11) is 0. The van der Waals surface area contributed by atoms with E-state index in [1.807, 2.05) is 0 Å². The Kier molecular flexibility index (Phi) is 3.03. The molecule has 112 valence electrons. The molecule has 0 saturated carbocycles. The van der Waals surface area contributed by atoms with Crippen LogP contribution in [0.4, 0.5) is 20.2 Å². The Balaban J connectivity index is 2.09. The van der Waals surface area contributed by atoms with Gasteiger partial charge < -0.3 is 10.0 Å². The molecule has 3 atom stereocenters. The lowest BCUT2D eigenvalue weighted by molar-refractivity contribution is -0.386. The molecule has 8 heteroatoms. The van der Waals surface area contributed by atoms with Gasteiger partial charge in [0.25, 0.3) is 0 Å². The Morgan fingerprint density at radius 2 is 2.10 bits per heavy atom. The number of fused-ring (bicyclic) bond motifs is 2. The number of halogens is 2. The monoisotopic (exact) mass is 298 g/mol. The topological polar surface area (TPSA) is 83.7 Å². The molecule has 1 aromatic rings. The van der Waals surface area contributed by atoms with Gasteiger partial charge in [-0.15, -0.1) is 0 Å². The molecule has 2 saturated heterocycles. The van der Waals surface area contributed by atoms with Gasteiger partial charge in [0.05, 0.1) is 10.8 Å². The number of nitro benzene ring substituents is 1. The lowest BCUT2D eigenvalue weighted by Crippen LogP contribution is -2.33. The van der Waals surface area contributed by atoms with Crippen LogP contribution in [0.5, 0.6) is 0 Å². The lowest BCUT2D eigenvalue weighted by Gasteiger charge is -2.25. The number of carboxylic acids is 1. The number of anilines is 1. The van der Waals surface area contributed by atoms with E-state index >= 15 is 0 Å². The largest absolute Gasteiger partial charge is 0.481 e. The molecule has 2 heterocycles. The van der Waals surface area contributed by atoms with E-state index in [0.717, 1.165) is 6.07 Å². The summed E-state index contributed by atoms with van der Waals surface area (Å²) in [5.74, 6) is -3.79. The Labute approximate surface area is 118 Å². The quantitative estimate of drug-likeness (QED) is 0.684. The summed E-state index contributed by atoms with van der Waals surface area (Å²) in [5.41, 5.74) is -0.951. The second-order valence-corrected chi connectivity index (χ2v) is 5.40. The summed E-state index contributed by atoms with van der Waals surface area (Å²) in [5, 5.41) is 20.2. The van der Waals surface area contributed by atoms with E-state index in [4.69, 9.17) is 0 Å². The van der Waals surface area contributed by atoms with Gasteiger partial charge in [-0.25, -0.2) is 4.39 Å². The standard InChI is InChI=1S/C13H12F2N2O4/c14-6-3-9(15)12(17(20)21)11(4-6)16-7-1-2-10(16)8(5-7)13(18)19/h3-4,7-8,10H,1-2,5H2,(H,18,19). The molecule has 0 aromatic heterocycles. The van der Waals surface area contributed by atoms with Gasteiger partial charge in [0.1, 0.15) is 11.5 Å². The first kappa shape index (κ1) is 13.7. The van der Waals surface area contributed by atoms with E-state index in [9.17, 15) is 28.8 Å². The van der Waals surface area contributed by atoms with Crippen molar-refractivity contribution in [3.8, 4) is 0 Å². The van der Waals surface area contributed by atoms with Crippen LogP contribution >= 0.6 is 0 Å². The van der Waals surface area contributed by atoms with Crippen LogP contribution in [0.1, 0.15) is 19.3 Å². The average Bonchev–Trinajstić information content (AvgIpc) is 2.94. The summed E-state index contributed by atoms with van der Waals surface area (Å²) < 4.78 is 27.2. The molecule has 3 unspecified atom stereocenters. The number of hydrogen-bond donors (Lipinski definition) is 1. The van der Waals surface area contributed by atoms with E-state index in [1.54, 1.807) is 0 Å². The number of carbonyl (C=O) groups is 1. The van der Waals surface area contributed by atoms with Crippen LogP contribution in [0, 0.1) is 27.7 Å². The Morgan fingerprint density at radius 1 is 1.38 bits per heavy atom. The maximum absolute atomic E-state index is 13.7. The zero-order valence-corrected chi connectivity index (χ0v) is 10.8. The number of rotatable bonds is 3. The molecule has 1 N–H and O–H groups in total. The molecule has 2 fully saturated rings. The summed E-state index contributed by atoms with van der Waals surface area (Å²) >= 11 is 0. The highest BCUT2D eigenvalue weighted by atomic mass is 19.1. The predicted octanol–water partition coefficient (Wildman–Crippen LogP) is 2.31. The summed E-state index contributed by atoms with van der Waals surface area (Å²) in [6.07, 6.45) is 1.57. The summed E-state index contributed by atoms with van der Waals surface area (Å²) in [6, 6.07) is 0.703. The fourth-order valence-corrected chi connectivity index (χ4v) is 3.56. The van der Waals surface area contributed by atoms with Gasteiger partial charge in [0.15, 0.2) is 0 Å². The maximum Gasteiger partial charge on any atom is 0.328 e. The van der Waals surface area contributed by atoms with E-state index in [0.29, 0.717) is 25.3 Å². The van der Waals surface area contributed by atoms with E-state index < -0.39 is 40.2 Å². The van der Waals surface area contributed by atoms with Crippen molar-refractivity contribution in [1.29, 1.82) is 0 Å². The predicted molar refractivity (Wildman–Crippen MR) is 68.0 cm³/mol. The highest BCUT2D eigenvalue weighted by Gasteiger charge is 2.51. The van der Waals surface area contributed by atoms with Gasteiger partial charge in [-0.1, -0.05) is 0 Å². The van der Waals surface area contributed by atoms with Crippen molar-refractivity contribution in [3.63, 3.8) is 0 Å². The van der Waals surface area contributed by atoms with Gasteiger partial charge in [-0.05, 0) is 19.3 Å². The van der Waals surface area contributed by atoms with Crippen LogP contribution in [0.25, 0.3) is 0 Å². The minimum Gasteiger partial charge on any atom is -0.481 e. The van der Waals surface area contributed by atoms with Gasteiger partial charge in [0.2, 0.25) is 5.82 Å². The highest BCUT2D eigenvalue weighted by Crippen LogP contribution is 2.47. The summed E-state index contributed by atoms with van der Waals surface area (Å²) in [4.78, 5) is 22.9. The van der Waals surface area contributed by atoms with Crippen molar-refractivity contribution in [2.75, 3.05) is 4.90 Å². The van der Waals surface area contributed by atoms with Gasteiger partial charge in [-0.3, -0.25) is 14.9 Å². The first-order valence-corrected chi connectivity index (χ1v) is 6.54.